The molecule has 4 nitrogen and oxygen atoms in total. The molecule has 84 valence electrons. The van der Waals surface area contributed by atoms with E-state index in [1.165, 1.54) is 18.3 Å². The van der Waals surface area contributed by atoms with Crippen LogP contribution in [0.25, 0.3) is 16.4 Å². The molecule has 0 fully saturated rings. The number of aromatic nitrogens is 2. The van der Waals surface area contributed by atoms with Crippen molar-refractivity contribution in [3.63, 3.8) is 0 Å². The Morgan fingerprint density at radius 2 is 2.18 bits per heavy atom. The fourth-order valence-electron chi connectivity index (χ4n) is 1.84. The molecule has 0 bridgehead atoms. The summed E-state index contributed by atoms with van der Waals surface area (Å²) in [6, 6.07) is 6.14. The van der Waals surface area contributed by atoms with E-state index in [1.54, 1.807) is 22.7 Å². The molecule has 3 aromatic rings. The maximum absolute atomic E-state index is 13.2. The molecular weight excluding hydrogens is 223 g/mol. The summed E-state index contributed by atoms with van der Waals surface area (Å²) >= 11 is 0. The summed E-state index contributed by atoms with van der Waals surface area (Å²) in [7, 11) is 0. The minimum absolute atomic E-state index is 0.0539. The number of imidazole rings is 1. The summed E-state index contributed by atoms with van der Waals surface area (Å²) < 4.78 is 14.8. The Kier molecular flexibility index (Phi) is 1.89. The molecule has 0 radical (unpaired) electrons. The van der Waals surface area contributed by atoms with Crippen molar-refractivity contribution in [2.75, 3.05) is 0 Å². The fourth-order valence-corrected chi connectivity index (χ4v) is 1.84. The smallest absolute Gasteiger partial charge is 0.356 e. The first-order valence-corrected chi connectivity index (χ1v) is 4.95. The van der Waals surface area contributed by atoms with Gasteiger partial charge in [0, 0.05) is 17.8 Å². The van der Waals surface area contributed by atoms with Crippen molar-refractivity contribution in [2.45, 2.75) is 0 Å². The lowest BCUT2D eigenvalue weighted by Crippen LogP contribution is -1.94. The van der Waals surface area contributed by atoms with Crippen LogP contribution < -0.4 is 0 Å². The van der Waals surface area contributed by atoms with E-state index in [0.29, 0.717) is 11.0 Å². The SMILES string of the molecule is O=C(O)c1cn2ccc3ccc(F)cc3c2n1. The second-order valence-corrected chi connectivity index (χ2v) is 3.71. The third-order valence-corrected chi connectivity index (χ3v) is 2.62. The van der Waals surface area contributed by atoms with Gasteiger partial charge >= 0.3 is 5.97 Å². The summed E-state index contributed by atoms with van der Waals surface area (Å²) in [5.41, 5.74) is 0.390. The molecule has 0 aliphatic heterocycles. The third-order valence-electron chi connectivity index (χ3n) is 2.62. The van der Waals surface area contributed by atoms with Crippen LogP contribution in [0.1, 0.15) is 10.5 Å². The van der Waals surface area contributed by atoms with Gasteiger partial charge in [-0.3, -0.25) is 0 Å². The number of halogens is 1. The van der Waals surface area contributed by atoms with Crippen LogP contribution in [0.2, 0.25) is 0 Å². The Balaban J connectivity index is 2.45. The number of carboxylic acid groups (broad SMARTS) is 1. The highest BCUT2D eigenvalue weighted by Crippen LogP contribution is 2.20. The molecule has 1 N–H and O–H groups in total. The topological polar surface area (TPSA) is 54.6 Å². The lowest BCUT2D eigenvalue weighted by molar-refractivity contribution is 0.0691. The Hall–Kier alpha value is -2.43. The minimum atomic E-state index is -1.10. The minimum Gasteiger partial charge on any atom is -0.476 e. The van der Waals surface area contributed by atoms with E-state index in [2.05, 4.69) is 4.98 Å². The number of fused-ring (bicyclic) bond motifs is 3. The number of hydrogen-bond acceptors (Lipinski definition) is 2. The fraction of sp³-hybridized carbons (Fsp3) is 0. The van der Waals surface area contributed by atoms with Gasteiger partial charge in [0.25, 0.3) is 0 Å². The molecule has 0 aliphatic carbocycles. The molecule has 2 heterocycles. The highest BCUT2D eigenvalue weighted by Gasteiger charge is 2.10. The molecule has 0 unspecified atom stereocenters. The van der Waals surface area contributed by atoms with Crippen molar-refractivity contribution in [3.8, 4) is 0 Å². The zero-order valence-electron chi connectivity index (χ0n) is 8.59. The van der Waals surface area contributed by atoms with Crippen molar-refractivity contribution in [2.24, 2.45) is 0 Å². The van der Waals surface area contributed by atoms with Gasteiger partial charge in [0.2, 0.25) is 0 Å². The monoisotopic (exact) mass is 230 g/mol. The standard InChI is InChI=1S/C12H7FN2O2/c13-8-2-1-7-3-4-15-6-10(12(16)17)14-11(15)9(7)5-8/h1-6H,(H,16,17). The van der Waals surface area contributed by atoms with Crippen LogP contribution in [0.4, 0.5) is 4.39 Å². The molecular formula is C12H7FN2O2. The van der Waals surface area contributed by atoms with E-state index in [-0.39, 0.29) is 11.5 Å². The quantitative estimate of drug-likeness (QED) is 0.698. The van der Waals surface area contributed by atoms with Crippen molar-refractivity contribution >= 4 is 22.4 Å². The van der Waals surface area contributed by atoms with Crippen molar-refractivity contribution < 1.29 is 14.3 Å². The zero-order valence-corrected chi connectivity index (χ0v) is 8.59. The van der Waals surface area contributed by atoms with E-state index in [0.717, 1.165) is 5.39 Å². The molecule has 0 spiro atoms. The number of rotatable bonds is 1. The Morgan fingerprint density at radius 1 is 1.35 bits per heavy atom. The summed E-state index contributed by atoms with van der Waals surface area (Å²) in [6.07, 6.45) is 3.11. The van der Waals surface area contributed by atoms with Gasteiger partial charge in [0.05, 0.1) is 0 Å². The third kappa shape index (κ3) is 1.44. The van der Waals surface area contributed by atoms with Crippen molar-refractivity contribution in [1.82, 2.24) is 9.38 Å². The Labute approximate surface area is 94.9 Å². The highest BCUT2D eigenvalue weighted by atomic mass is 19.1. The number of nitrogens with zero attached hydrogens (tertiary/aromatic N) is 2. The first-order valence-electron chi connectivity index (χ1n) is 4.95. The van der Waals surface area contributed by atoms with Gasteiger partial charge in [-0.25, -0.2) is 14.2 Å². The van der Waals surface area contributed by atoms with Crippen LogP contribution in [0, 0.1) is 5.82 Å². The molecule has 3 rings (SSSR count). The predicted molar refractivity (Wildman–Crippen MR) is 59.6 cm³/mol. The Morgan fingerprint density at radius 3 is 2.94 bits per heavy atom. The second-order valence-electron chi connectivity index (χ2n) is 3.71. The van der Waals surface area contributed by atoms with Gasteiger partial charge in [-0.05, 0) is 23.6 Å². The number of pyridine rings is 1. The first kappa shape index (κ1) is 9.77. The van der Waals surface area contributed by atoms with E-state index in [9.17, 15) is 9.18 Å². The van der Waals surface area contributed by atoms with Crippen LogP contribution in [0.15, 0.2) is 36.7 Å². The summed E-state index contributed by atoms with van der Waals surface area (Å²) in [5, 5.41) is 10.3. The molecule has 0 saturated heterocycles. The van der Waals surface area contributed by atoms with Gasteiger partial charge in [-0.2, -0.15) is 0 Å². The van der Waals surface area contributed by atoms with Gasteiger partial charge in [0.15, 0.2) is 5.69 Å². The molecule has 0 saturated carbocycles. The van der Waals surface area contributed by atoms with Crippen LogP contribution in [0.5, 0.6) is 0 Å². The molecule has 17 heavy (non-hydrogen) atoms. The first-order chi connectivity index (χ1) is 8.15. The van der Waals surface area contributed by atoms with Crippen molar-refractivity contribution in [3.05, 3.63) is 48.2 Å². The number of benzene rings is 1. The normalized spacial score (nSPS) is 11.1. The van der Waals surface area contributed by atoms with Gasteiger partial charge in [-0.1, -0.05) is 6.07 Å². The number of hydrogen-bond donors (Lipinski definition) is 1. The average Bonchev–Trinajstić information content (AvgIpc) is 2.73. The second kappa shape index (κ2) is 3.28. The van der Waals surface area contributed by atoms with Gasteiger partial charge in [-0.15, -0.1) is 0 Å². The number of carbonyl (C=O) groups is 1. The van der Waals surface area contributed by atoms with Crippen LogP contribution in [-0.2, 0) is 0 Å². The summed E-state index contributed by atoms with van der Waals surface area (Å²) in [5.74, 6) is -1.47. The number of carboxylic acids is 1. The molecule has 0 amide bonds. The van der Waals surface area contributed by atoms with Gasteiger partial charge in [0.1, 0.15) is 11.5 Å². The molecule has 2 aromatic heterocycles. The summed E-state index contributed by atoms with van der Waals surface area (Å²) in [6.45, 7) is 0. The van der Waals surface area contributed by atoms with Gasteiger partial charge < -0.3 is 9.51 Å². The number of aromatic carboxylic acids is 1. The summed E-state index contributed by atoms with van der Waals surface area (Å²) in [4.78, 5) is 14.8. The molecule has 0 aliphatic rings. The lowest BCUT2D eigenvalue weighted by Gasteiger charge is -1.99. The molecule has 5 heteroatoms. The average molecular weight is 230 g/mol. The van der Waals surface area contributed by atoms with E-state index in [4.69, 9.17) is 5.11 Å². The van der Waals surface area contributed by atoms with E-state index >= 15 is 0 Å². The maximum atomic E-state index is 13.2. The molecule has 1 aromatic carbocycles. The van der Waals surface area contributed by atoms with Crippen LogP contribution in [0.3, 0.4) is 0 Å². The van der Waals surface area contributed by atoms with Crippen LogP contribution >= 0.6 is 0 Å². The van der Waals surface area contributed by atoms with E-state index < -0.39 is 5.97 Å². The predicted octanol–water partition coefficient (Wildman–Crippen LogP) is 2.32. The lowest BCUT2D eigenvalue weighted by atomic mass is 10.2. The largest absolute Gasteiger partial charge is 0.476 e. The maximum Gasteiger partial charge on any atom is 0.356 e. The van der Waals surface area contributed by atoms with Crippen LogP contribution in [-0.4, -0.2) is 20.5 Å². The van der Waals surface area contributed by atoms with E-state index in [1.807, 2.05) is 0 Å². The highest BCUT2D eigenvalue weighted by molar-refractivity contribution is 5.96. The zero-order chi connectivity index (χ0) is 12.0. The molecule has 0 atom stereocenters. The van der Waals surface area contributed by atoms with Crippen molar-refractivity contribution in [1.29, 1.82) is 0 Å². The Bertz CT molecular complexity index is 749.